The molecule has 5 aliphatic rings. The van der Waals surface area contributed by atoms with Crippen LogP contribution in [0.4, 0.5) is 0 Å². The molecule has 1 heterocycles. The molecular weight excluding hydrogens is 563 g/mol. The second-order valence-corrected chi connectivity index (χ2v) is 14.0. The van der Waals surface area contributed by atoms with Crippen LogP contribution >= 0.6 is 11.6 Å². The van der Waals surface area contributed by atoms with Crippen LogP contribution in [0.1, 0.15) is 76.5 Å². The van der Waals surface area contributed by atoms with Gasteiger partial charge in [-0.05, 0) is 112 Å². The van der Waals surface area contributed by atoms with Crippen molar-refractivity contribution in [3.05, 3.63) is 69.8 Å². The first-order valence-corrected chi connectivity index (χ1v) is 15.8. The topological polar surface area (TPSA) is 63.2 Å². The van der Waals surface area contributed by atoms with Crippen LogP contribution in [0, 0.1) is 23.7 Å². The Kier molecular flexibility index (Phi) is 8.20. The molecule has 4 bridgehead atoms. The highest BCUT2D eigenvalue weighted by Crippen LogP contribution is 2.58. The van der Waals surface area contributed by atoms with Gasteiger partial charge in [0.2, 0.25) is 0 Å². The van der Waals surface area contributed by atoms with Crippen LogP contribution in [-0.2, 0) is 30.2 Å². The van der Waals surface area contributed by atoms with Crippen molar-refractivity contribution in [3.8, 4) is 5.75 Å². The number of esters is 1. The normalized spacial score (nSPS) is 26.7. The molecule has 0 spiro atoms. The molecule has 6 nitrogen and oxygen atoms in total. The molecule has 2 aromatic rings. The van der Waals surface area contributed by atoms with E-state index < -0.39 is 24.3 Å². The molecule has 0 radical (unpaired) electrons. The van der Waals surface area contributed by atoms with E-state index in [9.17, 15) is 4.79 Å². The van der Waals surface area contributed by atoms with Gasteiger partial charge in [0, 0.05) is 17.2 Å². The lowest BCUT2D eigenvalue weighted by Crippen LogP contribution is -2.41. The summed E-state index contributed by atoms with van der Waals surface area (Å²) in [4.78, 5) is 11.9. The van der Waals surface area contributed by atoms with E-state index in [0.29, 0.717) is 34.8 Å². The molecule has 228 valence electrons. The van der Waals surface area contributed by atoms with Gasteiger partial charge in [-0.15, -0.1) is 0 Å². The minimum atomic E-state index is -0.447. The zero-order valence-corrected chi connectivity index (χ0v) is 26.8. The van der Waals surface area contributed by atoms with Crippen LogP contribution in [0.5, 0.6) is 5.75 Å². The maximum Gasteiger partial charge on any atom is 0.494 e. The lowest BCUT2D eigenvalue weighted by Gasteiger charge is -2.51. The highest BCUT2D eigenvalue weighted by atomic mass is 35.5. The first kappa shape index (κ1) is 30.3. The average molecular weight is 605 g/mol. The highest BCUT2D eigenvalue weighted by molar-refractivity contribution is 6.62. The summed E-state index contributed by atoms with van der Waals surface area (Å²) in [6.45, 7) is 8.49. The first-order valence-electron chi connectivity index (χ1n) is 15.4. The van der Waals surface area contributed by atoms with Gasteiger partial charge in [0.15, 0.2) is 0 Å². The Hall–Kier alpha value is -2.74. The predicted molar refractivity (Wildman–Crippen MR) is 170 cm³/mol. The summed E-state index contributed by atoms with van der Waals surface area (Å²) in [5.41, 5.74) is 4.09. The van der Waals surface area contributed by atoms with Gasteiger partial charge in [0.1, 0.15) is 18.1 Å². The van der Waals surface area contributed by atoms with Crippen molar-refractivity contribution >= 4 is 42.0 Å². The Bertz CT molecular complexity index is 1400. The molecule has 5 fully saturated rings. The monoisotopic (exact) mass is 604 g/mol. The molecule has 1 saturated heterocycles. The molecule has 4 aliphatic carbocycles. The highest BCUT2D eigenvalue weighted by Gasteiger charge is 2.51. The van der Waals surface area contributed by atoms with Gasteiger partial charge < -0.3 is 23.5 Å². The van der Waals surface area contributed by atoms with E-state index in [0.717, 1.165) is 34.2 Å². The smallest absolute Gasteiger partial charge is 0.494 e. The molecule has 0 amide bonds. The zero-order chi connectivity index (χ0) is 30.5. The Balaban J connectivity index is 1.28. The van der Waals surface area contributed by atoms with Crippen LogP contribution in [-0.4, -0.2) is 38.5 Å². The van der Waals surface area contributed by atoms with Crippen LogP contribution in [0.15, 0.2) is 48.0 Å². The van der Waals surface area contributed by atoms with Crippen molar-refractivity contribution < 1.29 is 28.3 Å². The van der Waals surface area contributed by atoms with Crippen LogP contribution < -0.4 is 10.2 Å². The van der Waals surface area contributed by atoms with Crippen molar-refractivity contribution in [2.24, 2.45) is 23.7 Å². The Labute approximate surface area is 260 Å². The second kappa shape index (κ2) is 11.6. The zero-order valence-electron chi connectivity index (χ0n) is 26.1. The Morgan fingerprint density at radius 2 is 1.51 bits per heavy atom. The number of allylic oxidation sites excluding steroid dienone is 1. The summed E-state index contributed by atoms with van der Waals surface area (Å²) in [5.74, 6) is 3.77. The maximum atomic E-state index is 11.9. The average Bonchev–Trinajstić information content (AvgIpc) is 3.19. The van der Waals surface area contributed by atoms with Gasteiger partial charge in [0.05, 0.1) is 30.4 Å². The van der Waals surface area contributed by atoms with Crippen LogP contribution in [0.25, 0.3) is 11.8 Å². The van der Waals surface area contributed by atoms with E-state index in [1.807, 2.05) is 64.1 Å². The fraction of sp³-hybridized carbons (Fsp3) is 0.514. The van der Waals surface area contributed by atoms with Crippen molar-refractivity contribution in [1.82, 2.24) is 0 Å². The number of hydrogen-bond donors (Lipinski definition) is 0. The largest absolute Gasteiger partial charge is 0.496 e. The second-order valence-electron chi connectivity index (χ2n) is 13.6. The van der Waals surface area contributed by atoms with E-state index in [-0.39, 0.29) is 0 Å². The summed E-state index contributed by atoms with van der Waals surface area (Å²) in [5, 5.41) is 0.485. The van der Waals surface area contributed by atoms with Crippen LogP contribution in [0.2, 0.25) is 5.02 Å². The van der Waals surface area contributed by atoms with Crippen molar-refractivity contribution in [1.29, 1.82) is 0 Å². The number of rotatable bonds is 8. The lowest BCUT2D eigenvalue weighted by atomic mass is 9.54. The fourth-order valence-electron chi connectivity index (χ4n) is 7.60. The number of benzene rings is 2. The van der Waals surface area contributed by atoms with E-state index in [1.165, 1.54) is 50.9 Å². The first-order chi connectivity index (χ1) is 20.5. The number of methoxy groups -OCH3 is 2. The molecule has 0 aromatic heterocycles. The number of carbonyl (C=O) groups is 1. The molecule has 8 heteroatoms. The lowest BCUT2D eigenvalue weighted by molar-refractivity contribution is -0.134. The van der Waals surface area contributed by atoms with Crippen molar-refractivity contribution in [2.75, 3.05) is 14.2 Å². The van der Waals surface area contributed by atoms with Crippen molar-refractivity contribution in [3.63, 3.8) is 0 Å². The van der Waals surface area contributed by atoms with Crippen molar-refractivity contribution in [2.45, 2.75) is 77.6 Å². The number of carbonyl (C=O) groups excluding carboxylic acids is 1. The maximum absolute atomic E-state index is 11.9. The Morgan fingerprint density at radius 1 is 0.907 bits per heavy atom. The fourth-order valence-corrected chi connectivity index (χ4v) is 7.91. The third-order valence-electron chi connectivity index (χ3n) is 10.3. The van der Waals surface area contributed by atoms with Gasteiger partial charge in [0.25, 0.3) is 0 Å². The predicted octanol–water partition coefficient (Wildman–Crippen LogP) is 7.22. The molecule has 2 aromatic carbocycles. The van der Waals surface area contributed by atoms with E-state index in [1.54, 1.807) is 13.2 Å². The quantitative estimate of drug-likeness (QED) is 0.137. The SMILES string of the molecule is COC(=O)/C=C/c1ccc(C(OC)=C2C3CC4CC(C3)CC2C4)c(Cl)c1OCc1ccc(B2OC(C)(C)C(C)(C)O2)cc1. The molecule has 4 saturated carbocycles. The van der Waals surface area contributed by atoms with Gasteiger partial charge in [-0.25, -0.2) is 4.79 Å². The minimum absolute atomic E-state index is 0.291. The summed E-state index contributed by atoms with van der Waals surface area (Å²) >= 11 is 7.16. The minimum Gasteiger partial charge on any atom is -0.496 e. The Morgan fingerprint density at radius 3 is 2.07 bits per heavy atom. The standard InChI is InChI=1S/C35H42BClO6/c1-34(2)35(3,4)43-36(42-34)27-11-7-21(8-12-27)20-41-32-24(10-14-29(38)39-5)9-13-28(31(32)37)33(40-6)30-25-16-22-15-23(18-25)19-26(30)17-22/h7-14,22-23,25-26H,15-20H2,1-6H3/b14-10+,33-30?. The van der Waals surface area contributed by atoms with E-state index in [4.69, 9.17) is 35.1 Å². The van der Waals surface area contributed by atoms with E-state index >= 15 is 0 Å². The molecular formula is C35H42BClO6. The summed E-state index contributed by atoms with van der Waals surface area (Å²) in [6.07, 6.45) is 9.44. The molecule has 0 unspecified atom stereocenters. The third kappa shape index (κ3) is 5.76. The van der Waals surface area contributed by atoms with Gasteiger partial charge >= 0.3 is 13.1 Å². The van der Waals surface area contributed by atoms with Crippen LogP contribution in [0.3, 0.4) is 0 Å². The molecule has 1 aliphatic heterocycles. The molecule has 7 rings (SSSR count). The summed E-state index contributed by atoms with van der Waals surface area (Å²) < 4.78 is 29.8. The van der Waals surface area contributed by atoms with Gasteiger partial charge in [-0.2, -0.15) is 0 Å². The molecule has 43 heavy (non-hydrogen) atoms. The van der Waals surface area contributed by atoms with E-state index in [2.05, 4.69) is 0 Å². The molecule has 0 N–H and O–H groups in total. The molecule has 0 atom stereocenters. The number of ether oxygens (including phenoxy) is 3. The number of hydrogen-bond acceptors (Lipinski definition) is 6. The summed E-state index contributed by atoms with van der Waals surface area (Å²) in [6, 6.07) is 12.0. The van der Waals surface area contributed by atoms with Gasteiger partial charge in [-0.1, -0.05) is 41.9 Å². The third-order valence-corrected chi connectivity index (χ3v) is 10.7. The number of halogens is 1. The van der Waals surface area contributed by atoms with Gasteiger partial charge in [-0.3, -0.25) is 0 Å². The summed E-state index contributed by atoms with van der Waals surface area (Å²) in [7, 11) is 2.68.